The number of aromatic nitrogens is 1. The minimum atomic E-state index is -0.503. The molecule has 0 bridgehead atoms. The molecule has 3 rings (SSSR count). The Morgan fingerprint density at radius 1 is 1.21 bits per heavy atom. The predicted octanol–water partition coefficient (Wildman–Crippen LogP) is 1.85. The second-order valence-electron chi connectivity index (χ2n) is 5.70. The van der Waals surface area contributed by atoms with Gasteiger partial charge < -0.3 is 15.4 Å². The highest BCUT2D eigenvalue weighted by molar-refractivity contribution is 5.98. The molecule has 124 valence electrons. The molecule has 1 saturated heterocycles. The fourth-order valence-electron chi connectivity index (χ4n) is 2.94. The van der Waals surface area contributed by atoms with Gasteiger partial charge in [-0.2, -0.15) is 0 Å². The summed E-state index contributed by atoms with van der Waals surface area (Å²) in [4.78, 5) is 30.0. The van der Waals surface area contributed by atoms with E-state index in [0.717, 1.165) is 17.7 Å². The third-order valence-electron chi connectivity index (χ3n) is 4.20. The Kier molecular flexibility index (Phi) is 4.46. The van der Waals surface area contributed by atoms with E-state index in [9.17, 15) is 9.59 Å². The maximum Gasteiger partial charge on any atom is 0.254 e. The van der Waals surface area contributed by atoms with Crippen LogP contribution in [0.25, 0.3) is 11.3 Å². The summed E-state index contributed by atoms with van der Waals surface area (Å²) in [6.45, 7) is 0.561. The lowest BCUT2D eigenvalue weighted by molar-refractivity contribution is -0.121. The number of primary amides is 1. The summed E-state index contributed by atoms with van der Waals surface area (Å²) in [5.41, 5.74) is 7.57. The third kappa shape index (κ3) is 3.08. The summed E-state index contributed by atoms with van der Waals surface area (Å²) in [6.07, 6.45) is 1.43. The Morgan fingerprint density at radius 2 is 1.96 bits per heavy atom. The number of rotatable bonds is 4. The zero-order chi connectivity index (χ0) is 17.1. The van der Waals surface area contributed by atoms with Gasteiger partial charge in [0.25, 0.3) is 5.91 Å². The molecule has 24 heavy (non-hydrogen) atoms. The number of likely N-dealkylation sites (tertiary alicyclic amines) is 1. The largest absolute Gasteiger partial charge is 0.481 e. The Hall–Kier alpha value is -2.89. The smallest absolute Gasteiger partial charge is 0.254 e. The van der Waals surface area contributed by atoms with Crippen LogP contribution in [-0.2, 0) is 4.79 Å². The number of hydrogen-bond acceptors (Lipinski definition) is 4. The van der Waals surface area contributed by atoms with Crippen molar-refractivity contribution in [1.82, 2.24) is 9.88 Å². The highest BCUT2D eigenvalue weighted by Gasteiger charge is 2.33. The molecule has 1 fully saturated rings. The first kappa shape index (κ1) is 16.0. The monoisotopic (exact) mass is 325 g/mol. The minimum Gasteiger partial charge on any atom is -0.481 e. The lowest BCUT2D eigenvalue weighted by atomic mass is 10.1. The summed E-state index contributed by atoms with van der Waals surface area (Å²) in [5, 5.41) is 0. The molecule has 6 nitrogen and oxygen atoms in total. The SMILES string of the molecule is COc1cccc(-c2ccc(C(=O)N3CCC[C@H]3C(N)=O)cc2)n1. The van der Waals surface area contributed by atoms with Gasteiger partial charge in [-0.05, 0) is 31.0 Å². The summed E-state index contributed by atoms with van der Waals surface area (Å²) < 4.78 is 5.12. The van der Waals surface area contributed by atoms with Crippen molar-refractivity contribution in [2.45, 2.75) is 18.9 Å². The summed E-state index contributed by atoms with van der Waals surface area (Å²) in [6, 6.07) is 12.2. The molecule has 2 N–H and O–H groups in total. The lowest BCUT2D eigenvalue weighted by Gasteiger charge is -2.22. The molecule has 2 heterocycles. The van der Waals surface area contributed by atoms with E-state index in [0.29, 0.717) is 24.4 Å². The van der Waals surface area contributed by atoms with Crippen LogP contribution in [0.15, 0.2) is 42.5 Å². The molecule has 1 aliphatic heterocycles. The van der Waals surface area contributed by atoms with E-state index in [2.05, 4.69) is 4.98 Å². The molecule has 1 aromatic carbocycles. The van der Waals surface area contributed by atoms with E-state index < -0.39 is 11.9 Å². The number of nitrogens with zero attached hydrogens (tertiary/aromatic N) is 2. The number of hydrogen-bond donors (Lipinski definition) is 1. The Bertz CT molecular complexity index is 758. The van der Waals surface area contributed by atoms with Crippen LogP contribution in [0.5, 0.6) is 5.88 Å². The highest BCUT2D eigenvalue weighted by Crippen LogP contribution is 2.23. The number of nitrogens with two attached hydrogens (primary N) is 1. The molecule has 2 aromatic rings. The first-order valence-electron chi connectivity index (χ1n) is 7.82. The van der Waals surface area contributed by atoms with Gasteiger partial charge in [0.1, 0.15) is 6.04 Å². The number of pyridine rings is 1. The van der Waals surface area contributed by atoms with E-state index in [4.69, 9.17) is 10.5 Å². The number of methoxy groups -OCH3 is 1. The van der Waals surface area contributed by atoms with Crippen LogP contribution in [0.4, 0.5) is 0 Å². The summed E-state index contributed by atoms with van der Waals surface area (Å²) in [5.74, 6) is -0.0754. The molecule has 0 saturated carbocycles. The van der Waals surface area contributed by atoms with Crippen molar-refractivity contribution >= 4 is 11.8 Å². The quantitative estimate of drug-likeness (QED) is 0.929. The fourth-order valence-corrected chi connectivity index (χ4v) is 2.94. The summed E-state index contributed by atoms with van der Waals surface area (Å²) >= 11 is 0. The van der Waals surface area contributed by atoms with Gasteiger partial charge in [-0.25, -0.2) is 4.98 Å². The van der Waals surface area contributed by atoms with E-state index >= 15 is 0 Å². The van der Waals surface area contributed by atoms with Crippen LogP contribution in [0.3, 0.4) is 0 Å². The van der Waals surface area contributed by atoms with E-state index in [1.807, 2.05) is 24.3 Å². The molecule has 0 unspecified atom stereocenters. The molecular weight excluding hydrogens is 306 g/mol. The van der Waals surface area contributed by atoms with Crippen LogP contribution in [-0.4, -0.2) is 41.4 Å². The van der Waals surface area contributed by atoms with Gasteiger partial charge in [-0.3, -0.25) is 9.59 Å². The van der Waals surface area contributed by atoms with Crippen LogP contribution in [0.2, 0.25) is 0 Å². The fraction of sp³-hybridized carbons (Fsp3) is 0.278. The van der Waals surface area contributed by atoms with Crippen molar-refractivity contribution in [3.63, 3.8) is 0 Å². The maximum atomic E-state index is 12.6. The molecule has 0 spiro atoms. The first-order chi connectivity index (χ1) is 11.6. The van der Waals surface area contributed by atoms with Gasteiger partial charge in [-0.1, -0.05) is 18.2 Å². The van der Waals surface area contributed by atoms with Crippen molar-refractivity contribution in [3.05, 3.63) is 48.0 Å². The molecule has 6 heteroatoms. The molecule has 1 aromatic heterocycles. The number of carbonyl (C=O) groups excluding carboxylic acids is 2. The minimum absolute atomic E-state index is 0.165. The Morgan fingerprint density at radius 3 is 2.62 bits per heavy atom. The second-order valence-corrected chi connectivity index (χ2v) is 5.70. The normalized spacial score (nSPS) is 16.9. The van der Waals surface area contributed by atoms with E-state index in [-0.39, 0.29) is 5.91 Å². The maximum absolute atomic E-state index is 12.6. The molecule has 1 atom stereocenters. The number of amides is 2. The second kappa shape index (κ2) is 6.70. The first-order valence-corrected chi connectivity index (χ1v) is 7.82. The molecule has 2 amide bonds. The van der Waals surface area contributed by atoms with Crippen LogP contribution >= 0.6 is 0 Å². The van der Waals surface area contributed by atoms with Gasteiger partial charge in [0.15, 0.2) is 0 Å². The van der Waals surface area contributed by atoms with Gasteiger partial charge in [0.05, 0.1) is 12.8 Å². The zero-order valence-corrected chi connectivity index (χ0v) is 13.4. The average Bonchev–Trinajstić information content (AvgIpc) is 3.11. The Labute approximate surface area is 140 Å². The number of carbonyl (C=O) groups is 2. The lowest BCUT2D eigenvalue weighted by Crippen LogP contribution is -2.43. The van der Waals surface area contributed by atoms with Gasteiger partial charge >= 0.3 is 0 Å². The standard InChI is InChI=1S/C18H19N3O3/c1-24-16-6-2-4-14(20-16)12-7-9-13(10-8-12)18(23)21-11-3-5-15(21)17(19)22/h2,4,6-10,15H,3,5,11H2,1H3,(H2,19,22)/t15-/m0/s1. The van der Waals surface area contributed by atoms with Crippen LogP contribution < -0.4 is 10.5 Å². The van der Waals surface area contributed by atoms with Crippen LogP contribution in [0, 0.1) is 0 Å². The average molecular weight is 325 g/mol. The van der Waals surface area contributed by atoms with E-state index in [1.54, 1.807) is 30.2 Å². The molecular formula is C18H19N3O3. The molecule has 0 radical (unpaired) electrons. The number of ether oxygens (including phenoxy) is 1. The molecule has 1 aliphatic rings. The van der Waals surface area contributed by atoms with Gasteiger partial charge in [0, 0.05) is 23.7 Å². The third-order valence-corrected chi connectivity index (χ3v) is 4.20. The van der Waals surface area contributed by atoms with Crippen LogP contribution in [0.1, 0.15) is 23.2 Å². The van der Waals surface area contributed by atoms with Crippen molar-refractivity contribution in [2.75, 3.05) is 13.7 Å². The predicted molar refractivity (Wildman–Crippen MR) is 89.5 cm³/mol. The van der Waals surface area contributed by atoms with Crippen molar-refractivity contribution in [2.24, 2.45) is 5.73 Å². The van der Waals surface area contributed by atoms with Gasteiger partial charge in [0.2, 0.25) is 11.8 Å². The highest BCUT2D eigenvalue weighted by atomic mass is 16.5. The Balaban J connectivity index is 1.81. The topological polar surface area (TPSA) is 85.5 Å². The number of benzene rings is 1. The molecule has 0 aliphatic carbocycles. The van der Waals surface area contributed by atoms with Crippen molar-refractivity contribution in [1.29, 1.82) is 0 Å². The van der Waals surface area contributed by atoms with Crippen molar-refractivity contribution < 1.29 is 14.3 Å². The van der Waals surface area contributed by atoms with Crippen molar-refractivity contribution in [3.8, 4) is 17.1 Å². The van der Waals surface area contributed by atoms with Gasteiger partial charge in [-0.15, -0.1) is 0 Å². The van der Waals surface area contributed by atoms with E-state index in [1.165, 1.54) is 0 Å². The summed E-state index contributed by atoms with van der Waals surface area (Å²) in [7, 11) is 1.57. The zero-order valence-electron chi connectivity index (χ0n) is 13.4.